The fourth-order valence-electron chi connectivity index (χ4n) is 8.49. The maximum atomic E-state index is 14.2. The summed E-state index contributed by atoms with van der Waals surface area (Å²) in [6, 6.07) is 32.8. The Kier molecular flexibility index (Phi) is 10.1. The van der Waals surface area contributed by atoms with Crippen molar-refractivity contribution in [2.45, 2.75) is 83.1 Å². The predicted molar refractivity (Wildman–Crippen MR) is 228 cm³/mol. The zero-order valence-corrected chi connectivity index (χ0v) is 33.5. The van der Waals surface area contributed by atoms with Gasteiger partial charge in [-0.1, -0.05) is 118 Å². The van der Waals surface area contributed by atoms with Crippen molar-refractivity contribution in [1.82, 2.24) is 0 Å². The largest absolute Gasteiger partial charge is 0.762 e. The van der Waals surface area contributed by atoms with Crippen LogP contribution in [-0.2, 0) is 29.6 Å². The van der Waals surface area contributed by atoms with Crippen LogP contribution in [0.3, 0.4) is 0 Å². The highest BCUT2D eigenvalue weighted by Gasteiger charge is 2.40. The Morgan fingerprint density at radius 3 is 2.27 bits per heavy atom. The zero-order chi connectivity index (χ0) is 38.3. The summed E-state index contributed by atoms with van der Waals surface area (Å²) in [5, 5.41) is 22.1. The SMILES string of the molecule is CCCCN1/C(=C/C2=C(C(=C=[N-])C#N)C(=C/c3sc4ccccc4[n+]3CCCC3(C)c4cc(CC)ccc4-c4ccc(CC)cc43)/C2=O)Sc2ccccc21. The van der Waals surface area contributed by atoms with Gasteiger partial charge in [-0.05, 0) is 83.3 Å². The number of fused-ring (bicyclic) bond motifs is 5. The number of nitriles is 1. The molecule has 5 nitrogen and oxygen atoms in total. The maximum absolute atomic E-state index is 14.2. The quantitative estimate of drug-likeness (QED) is 0.0550. The lowest BCUT2D eigenvalue weighted by atomic mass is 9.75. The normalized spacial score (nSPS) is 16.6. The van der Waals surface area contributed by atoms with Gasteiger partial charge in [-0.15, -0.1) is 0 Å². The van der Waals surface area contributed by atoms with Gasteiger partial charge in [0.1, 0.15) is 10.8 Å². The highest BCUT2D eigenvalue weighted by Crippen LogP contribution is 2.52. The molecule has 0 bridgehead atoms. The lowest BCUT2D eigenvalue weighted by molar-refractivity contribution is -0.669. The minimum absolute atomic E-state index is 0.0321. The third kappa shape index (κ3) is 6.33. The Bertz CT molecular complexity index is 2520. The fourth-order valence-corrected chi connectivity index (χ4v) is 10.8. The number of aryl methyl sites for hydroxylation is 3. The number of hydrogen-bond acceptors (Lipinski definition) is 5. The number of carbonyl (C=O) groups is 1. The number of allylic oxidation sites excluding steroid dienone is 5. The summed E-state index contributed by atoms with van der Waals surface area (Å²) in [6.07, 6.45) is 9.78. The summed E-state index contributed by atoms with van der Waals surface area (Å²) >= 11 is 3.28. The Morgan fingerprint density at radius 2 is 1.60 bits per heavy atom. The molecule has 8 rings (SSSR count). The summed E-state index contributed by atoms with van der Waals surface area (Å²) in [6.45, 7) is 10.6. The number of Topliss-reactive ketones (excluding diaryl/α,β-unsaturated/α-hetero) is 1. The van der Waals surface area contributed by atoms with Crippen LogP contribution in [0, 0.1) is 11.3 Å². The lowest BCUT2D eigenvalue weighted by Gasteiger charge is -2.28. The standard InChI is InChI=1S/C48H44N4OS2/c1-5-8-23-51-40-14-9-11-16-42(40)54-44(51)27-36-46(33(29-49)30-50)37(47(36)53)28-45-52(41-15-10-12-17-43(41)55-45)24-13-22-48(4)38-25-31(6-2)18-20-34(38)35-21-19-32(7-3)26-39(35)48/h9-12,14-21,25-28H,5-8,13,22-24H2,1-4H3. The molecular formula is C48H44N4OS2. The van der Waals surface area contributed by atoms with Gasteiger partial charge >= 0.3 is 0 Å². The van der Waals surface area contributed by atoms with E-state index in [4.69, 9.17) is 0 Å². The monoisotopic (exact) mass is 756 g/mol. The van der Waals surface area contributed by atoms with Crippen LogP contribution in [-0.4, -0.2) is 18.2 Å². The fraction of sp³-hybridized carbons (Fsp3) is 0.271. The summed E-state index contributed by atoms with van der Waals surface area (Å²) in [5.74, 6) is 1.97. The van der Waals surface area contributed by atoms with Gasteiger partial charge < -0.3 is 10.3 Å². The van der Waals surface area contributed by atoms with Crippen molar-refractivity contribution in [2.75, 3.05) is 11.4 Å². The second-order valence-electron chi connectivity index (χ2n) is 14.8. The molecule has 0 saturated heterocycles. The van der Waals surface area contributed by atoms with Crippen LogP contribution in [0.1, 0.15) is 80.6 Å². The maximum Gasteiger partial charge on any atom is 0.263 e. The number of thiazole rings is 1. The number of thioether (sulfide) groups is 1. The van der Waals surface area contributed by atoms with Crippen molar-refractivity contribution in [2.24, 2.45) is 0 Å². The molecule has 0 fully saturated rings. The molecule has 0 unspecified atom stereocenters. The summed E-state index contributed by atoms with van der Waals surface area (Å²) in [7, 11) is 0. The molecule has 3 aliphatic rings. The smallest absolute Gasteiger partial charge is 0.263 e. The molecule has 0 radical (unpaired) electrons. The van der Waals surface area contributed by atoms with Gasteiger partial charge in [-0.2, -0.15) is 9.83 Å². The third-order valence-electron chi connectivity index (χ3n) is 11.6. The molecule has 4 aromatic carbocycles. The number of aromatic nitrogens is 1. The van der Waals surface area contributed by atoms with E-state index in [9.17, 15) is 15.5 Å². The van der Waals surface area contributed by atoms with E-state index >= 15 is 0 Å². The van der Waals surface area contributed by atoms with Gasteiger partial charge in [0, 0.05) is 52.1 Å². The van der Waals surface area contributed by atoms with Crippen LogP contribution < -0.4 is 9.47 Å². The lowest BCUT2D eigenvalue weighted by Crippen LogP contribution is -2.36. The Morgan fingerprint density at radius 1 is 0.909 bits per heavy atom. The Labute approximate surface area is 332 Å². The van der Waals surface area contributed by atoms with E-state index in [-0.39, 0.29) is 16.8 Å². The molecule has 1 aromatic heterocycles. The predicted octanol–water partition coefficient (Wildman–Crippen LogP) is 11.3. The van der Waals surface area contributed by atoms with Crippen molar-refractivity contribution in [3.05, 3.63) is 151 Å². The number of para-hydroxylation sites is 2. The van der Waals surface area contributed by atoms with E-state index < -0.39 is 0 Å². The van der Waals surface area contributed by atoms with E-state index in [1.54, 1.807) is 23.1 Å². The molecule has 0 atom stereocenters. The molecule has 5 aromatic rings. The van der Waals surface area contributed by atoms with Gasteiger partial charge in [0.05, 0.1) is 16.3 Å². The average molecular weight is 757 g/mol. The topological polar surface area (TPSA) is 70.3 Å². The van der Waals surface area contributed by atoms with Crippen molar-refractivity contribution >= 4 is 56.7 Å². The first-order valence-electron chi connectivity index (χ1n) is 19.5. The minimum Gasteiger partial charge on any atom is -0.762 e. The zero-order valence-electron chi connectivity index (χ0n) is 31.9. The summed E-state index contributed by atoms with van der Waals surface area (Å²) in [5.41, 5.74) is 11.6. The Balaban J connectivity index is 1.16. The van der Waals surface area contributed by atoms with E-state index in [1.165, 1.54) is 33.4 Å². The van der Waals surface area contributed by atoms with Crippen LogP contribution in [0.15, 0.2) is 123 Å². The molecule has 1 aliphatic heterocycles. The van der Waals surface area contributed by atoms with Gasteiger partial charge in [0.25, 0.3) is 5.01 Å². The van der Waals surface area contributed by atoms with Crippen LogP contribution in [0.25, 0.3) is 32.8 Å². The molecule has 55 heavy (non-hydrogen) atoms. The minimum atomic E-state index is -0.133. The molecule has 274 valence electrons. The number of carbonyl (C=O) groups excluding carboxylic acids is 1. The first-order valence-corrected chi connectivity index (χ1v) is 21.1. The number of benzene rings is 4. The van der Waals surface area contributed by atoms with Crippen molar-refractivity contribution in [3.8, 4) is 17.2 Å². The molecule has 2 heterocycles. The molecule has 7 heteroatoms. The van der Waals surface area contributed by atoms with E-state index in [0.29, 0.717) is 16.7 Å². The van der Waals surface area contributed by atoms with Crippen molar-refractivity contribution in [1.29, 1.82) is 5.26 Å². The van der Waals surface area contributed by atoms with Crippen molar-refractivity contribution in [3.63, 3.8) is 0 Å². The van der Waals surface area contributed by atoms with Crippen LogP contribution in [0.5, 0.6) is 0 Å². The number of anilines is 1. The molecule has 0 amide bonds. The van der Waals surface area contributed by atoms with E-state index in [2.05, 4.69) is 116 Å². The van der Waals surface area contributed by atoms with E-state index in [0.717, 1.165) is 82.5 Å². The highest BCUT2D eigenvalue weighted by atomic mass is 32.2. The molecule has 0 spiro atoms. The van der Waals surface area contributed by atoms with Gasteiger partial charge in [0.15, 0.2) is 12.3 Å². The van der Waals surface area contributed by atoms with Crippen LogP contribution in [0.4, 0.5) is 5.69 Å². The average Bonchev–Trinajstić information content (AvgIpc) is 3.84. The molecule has 2 aliphatic carbocycles. The number of hydrogen-bond donors (Lipinski definition) is 0. The van der Waals surface area contributed by atoms with Gasteiger partial charge in [-0.25, -0.2) is 5.87 Å². The summed E-state index contributed by atoms with van der Waals surface area (Å²) in [4.78, 5) is 17.6. The number of nitrogens with zero attached hydrogens (tertiary/aromatic N) is 4. The van der Waals surface area contributed by atoms with Gasteiger partial charge in [-0.3, -0.25) is 4.79 Å². The number of unbranched alkanes of at least 4 members (excludes halogenated alkanes) is 1. The second-order valence-corrected chi connectivity index (χ2v) is 16.9. The van der Waals surface area contributed by atoms with Crippen molar-refractivity contribution < 1.29 is 9.36 Å². The number of rotatable bonds is 12. The Hall–Kier alpha value is -5.25. The highest BCUT2D eigenvalue weighted by molar-refractivity contribution is 8.03. The van der Waals surface area contributed by atoms with Gasteiger partial charge in [0.2, 0.25) is 5.52 Å². The first-order chi connectivity index (χ1) is 26.8. The van der Waals surface area contributed by atoms with Crippen LogP contribution >= 0.6 is 23.1 Å². The second kappa shape index (κ2) is 15.1. The number of ketones is 1. The molecular weight excluding hydrogens is 713 g/mol. The summed E-state index contributed by atoms with van der Waals surface area (Å²) < 4.78 is 3.46. The first kappa shape index (κ1) is 36.7. The molecule has 0 saturated carbocycles. The molecule has 0 N–H and O–H groups in total. The van der Waals surface area contributed by atoms with E-state index in [1.807, 2.05) is 30.4 Å². The van der Waals surface area contributed by atoms with Crippen LogP contribution in [0.2, 0.25) is 0 Å². The third-order valence-corrected chi connectivity index (χ3v) is 13.8.